The summed E-state index contributed by atoms with van der Waals surface area (Å²) in [6.45, 7) is 8.10. The quantitative estimate of drug-likeness (QED) is 0.335. The number of aliphatic hydroxyl groups is 1. The zero-order chi connectivity index (χ0) is 21.6. The van der Waals surface area contributed by atoms with Gasteiger partial charge in [-0.1, -0.05) is 11.8 Å². The molecule has 1 saturated heterocycles. The number of hydrogen-bond acceptors (Lipinski definition) is 10. The number of nitrogens with zero attached hydrogens (tertiary/aromatic N) is 4. The van der Waals surface area contributed by atoms with Crippen LogP contribution in [-0.4, -0.2) is 70.6 Å². The maximum absolute atomic E-state index is 9.35. The van der Waals surface area contributed by atoms with Gasteiger partial charge in [0, 0.05) is 36.2 Å². The van der Waals surface area contributed by atoms with Crippen LogP contribution in [0.5, 0.6) is 0 Å². The van der Waals surface area contributed by atoms with E-state index in [4.69, 9.17) is 24.4 Å². The summed E-state index contributed by atoms with van der Waals surface area (Å²) in [5.41, 5.74) is 3.23. The molecule has 166 valence electrons. The minimum atomic E-state index is -0.234. The molecule has 5 rings (SSSR count). The highest BCUT2D eigenvalue weighted by atomic mass is 32.2. The fourth-order valence-electron chi connectivity index (χ4n) is 4.18. The molecule has 7 nitrogen and oxygen atoms in total. The summed E-state index contributed by atoms with van der Waals surface area (Å²) in [6.07, 6.45) is 2.82. The molecular formula is C21H26N4O3S3. The zero-order valence-corrected chi connectivity index (χ0v) is 20.4. The molecule has 31 heavy (non-hydrogen) atoms. The minimum absolute atomic E-state index is 0.121. The number of ether oxygens (including phenoxy) is 2. The monoisotopic (exact) mass is 478 g/mol. The van der Waals surface area contributed by atoms with Crippen LogP contribution in [0.1, 0.15) is 25.0 Å². The van der Waals surface area contributed by atoms with Crippen molar-refractivity contribution < 1.29 is 14.6 Å². The van der Waals surface area contributed by atoms with E-state index >= 15 is 0 Å². The first kappa shape index (κ1) is 21.7. The van der Waals surface area contributed by atoms with Crippen molar-refractivity contribution in [1.29, 1.82) is 0 Å². The highest BCUT2D eigenvalue weighted by Crippen LogP contribution is 2.45. The SMILES string of the molecule is CSc1nc(SCCO)c2sc3nc(N4CCOCC4)c4c(c3c2n1)CC(C)(C)OC4. The lowest BCUT2D eigenvalue weighted by atomic mass is 9.90. The Labute approximate surface area is 193 Å². The number of anilines is 1. The first-order valence-corrected chi connectivity index (χ1v) is 13.4. The first-order valence-electron chi connectivity index (χ1n) is 10.4. The van der Waals surface area contributed by atoms with Crippen LogP contribution in [0.2, 0.25) is 0 Å². The fraction of sp³-hybridized carbons (Fsp3) is 0.571. The molecule has 2 aliphatic heterocycles. The van der Waals surface area contributed by atoms with Crippen LogP contribution in [0, 0.1) is 0 Å². The molecule has 0 unspecified atom stereocenters. The molecular weight excluding hydrogens is 452 g/mol. The summed E-state index contributed by atoms with van der Waals surface area (Å²) in [4.78, 5) is 18.1. The molecule has 0 bridgehead atoms. The van der Waals surface area contributed by atoms with Crippen LogP contribution in [0.3, 0.4) is 0 Å². The van der Waals surface area contributed by atoms with Gasteiger partial charge >= 0.3 is 0 Å². The molecule has 0 atom stereocenters. The number of thioether (sulfide) groups is 2. The predicted molar refractivity (Wildman–Crippen MR) is 128 cm³/mol. The molecule has 1 N–H and O–H groups in total. The second-order valence-electron chi connectivity index (χ2n) is 8.26. The van der Waals surface area contributed by atoms with Crippen LogP contribution in [0.15, 0.2) is 10.2 Å². The van der Waals surface area contributed by atoms with Gasteiger partial charge in [0.25, 0.3) is 0 Å². The van der Waals surface area contributed by atoms with Crippen LogP contribution in [-0.2, 0) is 22.5 Å². The molecule has 0 saturated carbocycles. The molecule has 3 aromatic rings. The molecule has 1 fully saturated rings. The van der Waals surface area contributed by atoms with E-state index in [9.17, 15) is 5.11 Å². The van der Waals surface area contributed by atoms with E-state index in [-0.39, 0.29) is 12.2 Å². The maximum atomic E-state index is 9.35. The van der Waals surface area contributed by atoms with Crippen molar-refractivity contribution in [3.63, 3.8) is 0 Å². The lowest BCUT2D eigenvalue weighted by Gasteiger charge is -2.36. The number of fused-ring (bicyclic) bond motifs is 5. The average molecular weight is 479 g/mol. The minimum Gasteiger partial charge on any atom is -0.396 e. The van der Waals surface area contributed by atoms with E-state index in [1.165, 1.54) is 11.1 Å². The summed E-state index contributed by atoms with van der Waals surface area (Å²) in [7, 11) is 0. The lowest BCUT2D eigenvalue weighted by molar-refractivity contribution is -0.0396. The van der Waals surface area contributed by atoms with E-state index in [1.807, 2.05) is 6.26 Å². The van der Waals surface area contributed by atoms with Crippen molar-refractivity contribution in [1.82, 2.24) is 15.0 Å². The van der Waals surface area contributed by atoms with E-state index < -0.39 is 0 Å². The van der Waals surface area contributed by atoms with Crippen molar-refractivity contribution in [2.75, 3.05) is 49.8 Å². The van der Waals surface area contributed by atoms with Crippen molar-refractivity contribution in [3.05, 3.63) is 11.1 Å². The maximum Gasteiger partial charge on any atom is 0.189 e. The molecule has 0 amide bonds. The van der Waals surface area contributed by atoms with Gasteiger partial charge in [0.05, 0.1) is 42.2 Å². The summed E-state index contributed by atoms with van der Waals surface area (Å²) in [5, 5.41) is 12.2. The zero-order valence-electron chi connectivity index (χ0n) is 17.9. The number of rotatable bonds is 5. The van der Waals surface area contributed by atoms with Crippen LogP contribution in [0.25, 0.3) is 20.4 Å². The van der Waals surface area contributed by atoms with Gasteiger partial charge in [-0.2, -0.15) is 0 Å². The molecule has 0 radical (unpaired) electrons. The number of morpholine rings is 1. The van der Waals surface area contributed by atoms with Crippen molar-refractivity contribution in [2.45, 2.75) is 42.7 Å². The van der Waals surface area contributed by atoms with Crippen LogP contribution >= 0.6 is 34.9 Å². The Bertz CT molecular complexity index is 1130. The second kappa shape index (κ2) is 8.64. The van der Waals surface area contributed by atoms with Crippen LogP contribution < -0.4 is 4.90 Å². The Hall–Kier alpha value is -1.17. The topological polar surface area (TPSA) is 80.6 Å². The Morgan fingerprint density at radius 2 is 1.97 bits per heavy atom. The third kappa shape index (κ3) is 4.02. The summed E-state index contributed by atoms with van der Waals surface area (Å²) in [5.74, 6) is 1.63. The number of aromatic nitrogens is 3. The number of pyridine rings is 1. The largest absolute Gasteiger partial charge is 0.396 e. The normalized spacial score (nSPS) is 18.6. The Morgan fingerprint density at radius 3 is 2.71 bits per heavy atom. The van der Waals surface area contributed by atoms with E-state index in [0.29, 0.717) is 12.4 Å². The second-order valence-corrected chi connectivity index (χ2v) is 11.1. The van der Waals surface area contributed by atoms with E-state index in [2.05, 4.69) is 18.7 Å². The molecule has 0 spiro atoms. The van der Waals surface area contributed by atoms with Gasteiger partial charge < -0.3 is 19.5 Å². The Balaban J connectivity index is 1.78. The van der Waals surface area contributed by atoms with Gasteiger partial charge in [-0.15, -0.1) is 23.1 Å². The third-order valence-electron chi connectivity index (χ3n) is 5.64. The molecule has 5 heterocycles. The highest BCUT2D eigenvalue weighted by molar-refractivity contribution is 7.99. The lowest BCUT2D eigenvalue weighted by Crippen LogP contribution is -2.39. The first-order chi connectivity index (χ1) is 15.0. The highest BCUT2D eigenvalue weighted by Gasteiger charge is 2.33. The van der Waals surface area contributed by atoms with Crippen molar-refractivity contribution in [2.24, 2.45) is 0 Å². The number of thiophene rings is 1. The van der Waals surface area contributed by atoms with Crippen LogP contribution in [0.4, 0.5) is 5.82 Å². The molecule has 2 aliphatic rings. The van der Waals surface area contributed by atoms with E-state index in [0.717, 1.165) is 69.2 Å². The molecule has 0 aromatic carbocycles. The van der Waals surface area contributed by atoms with Gasteiger partial charge in [-0.25, -0.2) is 15.0 Å². The summed E-state index contributed by atoms with van der Waals surface area (Å²) < 4.78 is 12.8. The number of hydrogen-bond donors (Lipinski definition) is 1. The van der Waals surface area contributed by atoms with Gasteiger partial charge in [-0.05, 0) is 25.7 Å². The average Bonchev–Trinajstić information content (AvgIpc) is 3.15. The van der Waals surface area contributed by atoms with Crippen molar-refractivity contribution in [3.8, 4) is 0 Å². The van der Waals surface area contributed by atoms with Crippen molar-refractivity contribution >= 4 is 61.1 Å². The summed E-state index contributed by atoms with van der Waals surface area (Å²) in [6, 6.07) is 0. The fourth-order valence-corrected chi connectivity index (χ4v) is 6.59. The summed E-state index contributed by atoms with van der Waals surface area (Å²) >= 11 is 4.79. The molecule has 10 heteroatoms. The molecule has 0 aliphatic carbocycles. The van der Waals surface area contributed by atoms with E-state index in [1.54, 1.807) is 34.9 Å². The van der Waals surface area contributed by atoms with Gasteiger partial charge in [0.15, 0.2) is 5.16 Å². The Morgan fingerprint density at radius 1 is 1.16 bits per heavy atom. The third-order valence-corrected chi connectivity index (χ3v) is 8.35. The Kier molecular flexibility index (Phi) is 6.04. The predicted octanol–water partition coefficient (Wildman–Crippen LogP) is 3.73. The standard InChI is InChI=1S/C21H26N4O3S3/c1-21(2)10-12-13(11-28-21)17(25-4-7-27-8-5-25)23-18-14(12)15-16(31-18)19(30-9-6-26)24-20(22-15)29-3/h26H,4-11H2,1-3H3. The smallest absolute Gasteiger partial charge is 0.189 e. The van der Waals surface area contributed by atoms with Gasteiger partial charge in [0.2, 0.25) is 0 Å². The van der Waals surface area contributed by atoms with Gasteiger partial charge in [-0.3, -0.25) is 0 Å². The number of aliphatic hydroxyl groups excluding tert-OH is 1. The molecule has 3 aromatic heterocycles. The van der Waals surface area contributed by atoms with Gasteiger partial charge in [0.1, 0.15) is 15.7 Å².